The first kappa shape index (κ1) is 14.2. The highest BCUT2D eigenvalue weighted by Crippen LogP contribution is 2.31. The summed E-state index contributed by atoms with van der Waals surface area (Å²) in [5.41, 5.74) is 0. The summed E-state index contributed by atoms with van der Waals surface area (Å²) in [6.07, 6.45) is 0. The molecule has 0 saturated carbocycles. The van der Waals surface area contributed by atoms with Crippen LogP contribution in [0.25, 0.3) is 10.8 Å². The third-order valence-corrected chi connectivity index (χ3v) is 4.56. The Morgan fingerprint density at radius 1 is 0.842 bits per heavy atom. The molecular weight excluding hydrogens is 316 g/mol. The Hall–Kier alpha value is -1.19. The van der Waals surface area contributed by atoms with Crippen LogP contribution in [0.4, 0.5) is 0 Å². The molecule has 2 aromatic rings. The molecule has 2 N–H and O–H groups in total. The average molecular weight is 323 g/mol. The summed E-state index contributed by atoms with van der Waals surface area (Å²) in [6.45, 7) is 0. The first-order valence-electron chi connectivity index (χ1n) is 4.78. The molecule has 0 fully saturated rings. The van der Waals surface area contributed by atoms with Crippen molar-refractivity contribution in [1.29, 1.82) is 0 Å². The van der Waals surface area contributed by atoms with Crippen LogP contribution in [0, 0.1) is 0 Å². The molecule has 0 aliphatic carbocycles. The molecule has 0 amide bonds. The fourth-order valence-corrected chi connectivity index (χ4v) is 3.07. The van der Waals surface area contributed by atoms with E-state index in [0.29, 0.717) is 0 Å². The Balaban J connectivity index is 2.93. The monoisotopic (exact) mass is 322 g/mol. The summed E-state index contributed by atoms with van der Waals surface area (Å²) in [4.78, 5) is -0.817. The van der Waals surface area contributed by atoms with Crippen LogP contribution in [-0.2, 0) is 20.2 Å². The number of fused-ring (bicyclic) bond motifs is 1. The molecule has 2 aromatic carbocycles. The lowest BCUT2D eigenvalue weighted by Crippen LogP contribution is -2.01. The van der Waals surface area contributed by atoms with Crippen molar-refractivity contribution in [1.82, 2.24) is 0 Å². The van der Waals surface area contributed by atoms with Crippen molar-refractivity contribution >= 4 is 42.6 Å². The minimum atomic E-state index is -4.47. The highest BCUT2D eigenvalue weighted by molar-refractivity contribution is 7.86. The summed E-state index contributed by atoms with van der Waals surface area (Å²) in [5, 5.41) is 0.238. The van der Waals surface area contributed by atoms with E-state index in [4.69, 9.17) is 20.7 Å². The molecule has 19 heavy (non-hydrogen) atoms. The molecule has 0 aliphatic rings. The Morgan fingerprint density at radius 2 is 1.47 bits per heavy atom. The number of hydrogen-bond donors (Lipinski definition) is 2. The van der Waals surface area contributed by atoms with E-state index in [1.165, 1.54) is 6.07 Å². The van der Waals surface area contributed by atoms with Gasteiger partial charge in [-0.3, -0.25) is 9.11 Å². The fraction of sp³-hybridized carbons (Fsp3) is 0. The normalized spacial score (nSPS) is 12.8. The molecule has 0 spiro atoms. The van der Waals surface area contributed by atoms with Crippen LogP contribution < -0.4 is 0 Å². The van der Waals surface area contributed by atoms with Crippen LogP contribution in [0.5, 0.6) is 0 Å². The molecule has 0 unspecified atom stereocenters. The number of hydrogen-bond acceptors (Lipinski definition) is 4. The zero-order valence-electron chi connectivity index (χ0n) is 9.11. The van der Waals surface area contributed by atoms with Crippen LogP contribution in [0.15, 0.2) is 40.1 Å². The maximum absolute atomic E-state index is 11.2. The van der Waals surface area contributed by atoms with Crippen LogP contribution in [-0.4, -0.2) is 25.9 Å². The standard InChI is InChI=1S/C10H7ClO6S2/c11-9-3-4-10(19(15,16)17)7-2-1-6(5-8(7)9)18(12,13)14/h1-5H,(H,12,13,14)(H,15,16,17). The lowest BCUT2D eigenvalue weighted by molar-refractivity contribution is 0.482. The van der Waals surface area contributed by atoms with E-state index in [9.17, 15) is 16.8 Å². The van der Waals surface area contributed by atoms with Gasteiger partial charge in [-0.2, -0.15) is 16.8 Å². The molecule has 6 nitrogen and oxygen atoms in total. The molecule has 0 aromatic heterocycles. The molecule has 0 heterocycles. The van der Waals surface area contributed by atoms with Gasteiger partial charge in [0.2, 0.25) is 0 Å². The maximum Gasteiger partial charge on any atom is 0.295 e. The van der Waals surface area contributed by atoms with E-state index in [2.05, 4.69) is 0 Å². The third kappa shape index (κ3) is 2.72. The van der Waals surface area contributed by atoms with Gasteiger partial charge in [-0.15, -0.1) is 0 Å². The maximum atomic E-state index is 11.2. The SMILES string of the molecule is O=S(=O)(O)c1ccc2c(S(=O)(=O)O)ccc(Cl)c2c1. The smallest absolute Gasteiger partial charge is 0.282 e. The van der Waals surface area contributed by atoms with Crippen molar-refractivity contribution in [2.75, 3.05) is 0 Å². The van der Waals surface area contributed by atoms with Gasteiger partial charge in [-0.05, 0) is 24.3 Å². The first-order valence-corrected chi connectivity index (χ1v) is 8.04. The van der Waals surface area contributed by atoms with Crippen molar-refractivity contribution in [3.8, 4) is 0 Å². The zero-order chi connectivity index (χ0) is 14.4. The average Bonchev–Trinajstić information content (AvgIpc) is 2.26. The fourth-order valence-electron chi connectivity index (χ4n) is 1.65. The molecule has 0 bridgehead atoms. The Morgan fingerprint density at radius 3 is 2.00 bits per heavy atom. The zero-order valence-corrected chi connectivity index (χ0v) is 11.5. The molecule has 102 valence electrons. The van der Waals surface area contributed by atoms with Crippen molar-refractivity contribution < 1.29 is 25.9 Å². The van der Waals surface area contributed by atoms with Crippen molar-refractivity contribution in [2.24, 2.45) is 0 Å². The van der Waals surface area contributed by atoms with E-state index in [0.717, 1.165) is 24.3 Å². The Labute approximate surface area is 114 Å². The molecule has 0 aliphatic heterocycles. The minimum absolute atomic E-state index is 0.0578. The van der Waals surface area contributed by atoms with Crippen LogP contribution in [0.1, 0.15) is 0 Å². The molecule has 0 saturated heterocycles. The summed E-state index contributed by atoms with van der Waals surface area (Å²) < 4.78 is 62.4. The second-order valence-corrected chi connectivity index (χ2v) is 6.92. The molecule has 2 rings (SSSR count). The van der Waals surface area contributed by atoms with E-state index < -0.39 is 30.0 Å². The van der Waals surface area contributed by atoms with Crippen molar-refractivity contribution in [3.05, 3.63) is 35.4 Å². The van der Waals surface area contributed by atoms with Gasteiger partial charge in [0.15, 0.2) is 0 Å². The molecule has 0 atom stereocenters. The summed E-state index contributed by atoms with van der Waals surface area (Å²) in [6, 6.07) is 5.51. The highest BCUT2D eigenvalue weighted by atomic mass is 35.5. The second-order valence-electron chi connectivity index (χ2n) is 3.70. The lowest BCUT2D eigenvalue weighted by atomic mass is 10.1. The Bertz CT molecular complexity index is 870. The molecular formula is C10H7ClO6S2. The van der Waals surface area contributed by atoms with E-state index in [1.54, 1.807) is 0 Å². The molecule has 0 radical (unpaired) electrons. The van der Waals surface area contributed by atoms with Crippen LogP contribution >= 0.6 is 11.6 Å². The van der Waals surface area contributed by atoms with Gasteiger partial charge in [0.25, 0.3) is 20.2 Å². The van der Waals surface area contributed by atoms with Crippen LogP contribution in [0.3, 0.4) is 0 Å². The van der Waals surface area contributed by atoms with E-state index in [-0.39, 0.29) is 15.8 Å². The van der Waals surface area contributed by atoms with Crippen molar-refractivity contribution in [3.63, 3.8) is 0 Å². The topological polar surface area (TPSA) is 109 Å². The lowest BCUT2D eigenvalue weighted by Gasteiger charge is -2.07. The van der Waals surface area contributed by atoms with Gasteiger partial charge in [-0.25, -0.2) is 0 Å². The van der Waals surface area contributed by atoms with E-state index >= 15 is 0 Å². The van der Waals surface area contributed by atoms with Crippen LogP contribution in [0.2, 0.25) is 5.02 Å². The van der Waals surface area contributed by atoms with Crippen molar-refractivity contribution in [2.45, 2.75) is 9.79 Å². The first-order chi connectivity index (χ1) is 8.60. The predicted molar refractivity (Wildman–Crippen MR) is 68.6 cm³/mol. The summed E-state index contributed by atoms with van der Waals surface area (Å²) in [5.74, 6) is 0. The summed E-state index contributed by atoms with van der Waals surface area (Å²) >= 11 is 5.85. The number of rotatable bonds is 2. The van der Waals surface area contributed by atoms with E-state index in [1.807, 2.05) is 0 Å². The van der Waals surface area contributed by atoms with Gasteiger partial charge < -0.3 is 0 Å². The van der Waals surface area contributed by atoms with Gasteiger partial charge in [-0.1, -0.05) is 17.7 Å². The van der Waals surface area contributed by atoms with Gasteiger partial charge in [0.1, 0.15) is 4.90 Å². The highest BCUT2D eigenvalue weighted by Gasteiger charge is 2.18. The molecule has 9 heteroatoms. The number of benzene rings is 2. The summed E-state index contributed by atoms with van der Waals surface area (Å²) in [7, 11) is -8.90. The second kappa shape index (κ2) is 4.43. The predicted octanol–water partition coefficient (Wildman–Crippen LogP) is 1.99. The largest absolute Gasteiger partial charge is 0.295 e. The minimum Gasteiger partial charge on any atom is -0.282 e. The third-order valence-electron chi connectivity index (χ3n) is 2.47. The number of halogens is 1. The van der Waals surface area contributed by atoms with Gasteiger partial charge in [0, 0.05) is 15.8 Å². The van der Waals surface area contributed by atoms with Gasteiger partial charge in [0.05, 0.1) is 4.90 Å². The Kier molecular flexibility index (Phi) is 3.31. The van der Waals surface area contributed by atoms with Gasteiger partial charge >= 0.3 is 0 Å². The quantitative estimate of drug-likeness (QED) is 0.818.